The molecule has 0 N–H and O–H groups in total. The number of carbonyl (C=O) groups is 1. The van der Waals surface area contributed by atoms with Crippen LogP contribution in [0, 0.1) is 34.6 Å². The Balaban J connectivity index is 1.68. The average Bonchev–Trinajstić information content (AvgIpc) is 3.35. The van der Waals surface area contributed by atoms with E-state index >= 15 is 0 Å². The Labute approximate surface area is 232 Å². The molecule has 2 aromatic heterocycles. The first-order valence-electron chi connectivity index (χ1n) is 13.1. The first kappa shape index (κ1) is 26.6. The van der Waals surface area contributed by atoms with Gasteiger partial charge in [0.25, 0.3) is 5.56 Å². The Morgan fingerprint density at radius 1 is 1.00 bits per heavy atom. The lowest BCUT2D eigenvalue weighted by Gasteiger charge is -2.24. The first-order chi connectivity index (χ1) is 18.6. The van der Waals surface area contributed by atoms with Gasteiger partial charge in [-0.15, -0.1) is 0 Å². The maximum atomic E-state index is 14.0. The Kier molecular flexibility index (Phi) is 7.03. The number of allylic oxidation sites excluding steroid dienone is 1. The Hall–Kier alpha value is -3.97. The molecule has 1 atom stereocenters. The topological polar surface area (TPSA) is 65.6 Å². The fraction of sp³-hybridized carbons (Fsp3) is 0.281. The van der Waals surface area contributed by atoms with E-state index in [-0.39, 0.29) is 12.2 Å². The summed E-state index contributed by atoms with van der Waals surface area (Å²) in [5.74, 6) is -0.449. The largest absolute Gasteiger partial charge is 0.463 e. The zero-order chi connectivity index (χ0) is 28.0. The molecule has 0 saturated carbocycles. The van der Waals surface area contributed by atoms with Gasteiger partial charge in [-0.2, -0.15) is 0 Å². The second-order valence-corrected chi connectivity index (χ2v) is 11.2. The van der Waals surface area contributed by atoms with E-state index < -0.39 is 12.0 Å². The molecule has 5 rings (SSSR count). The zero-order valence-corrected chi connectivity index (χ0v) is 24.3. The van der Waals surface area contributed by atoms with Crippen LogP contribution in [-0.2, 0) is 9.53 Å². The second kappa shape index (κ2) is 10.3. The molecule has 0 spiro atoms. The van der Waals surface area contributed by atoms with E-state index in [4.69, 9.17) is 9.73 Å². The third-order valence-electron chi connectivity index (χ3n) is 7.42. The average molecular weight is 540 g/mol. The zero-order valence-electron chi connectivity index (χ0n) is 23.5. The van der Waals surface area contributed by atoms with Crippen LogP contribution >= 0.6 is 11.3 Å². The fourth-order valence-corrected chi connectivity index (χ4v) is 6.23. The molecule has 1 aliphatic heterocycles. The van der Waals surface area contributed by atoms with E-state index in [1.165, 1.54) is 22.5 Å². The fourth-order valence-electron chi connectivity index (χ4n) is 5.19. The summed E-state index contributed by atoms with van der Waals surface area (Å²) in [6, 6.07) is 15.9. The lowest BCUT2D eigenvalue weighted by atomic mass is 9.95. The van der Waals surface area contributed by atoms with Crippen molar-refractivity contribution < 1.29 is 9.53 Å². The third kappa shape index (κ3) is 4.72. The highest BCUT2D eigenvalue weighted by atomic mass is 32.1. The Morgan fingerprint density at radius 2 is 1.72 bits per heavy atom. The summed E-state index contributed by atoms with van der Waals surface area (Å²) in [6.45, 7) is 14.2. The predicted octanol–water partition coefficient (Wildman–Crippen LogP) is 5.13. The molecule has 0 bridgehead atoms. The minimum absolute atomic E-state index is 0.172. The molecule has 39 heavy (non-hydrogen) atoms. The van der Waals surface area contributed by atoms with Gasteiger partial charge in [-0.1, -0.05) is 47.2 Å². The Morgan fingerprint density at radius 3 is 2.38 bits per heavy atom. The van der Waals surface area contributed by atoms with Gasteiger partial charge in [0.15, 0.2) is 4.80 Å². The van der Waals surface area contributed by atoms with Crippen molar-refractivity contribution in [2.45, 2.75) is 54.5 Å². The van der Waals surface area contributed by atoms with E-state index in [2.05, 4.69) is 56.5 Å². The number of hydrogen-bond acceptors (Lipinski definition) is 5. The molecule has 1 aliphatic rings. The highest BCUT2D eigenvalue weighted by molar-refractivity contribution is 7.07. The molecule has 7 heteroatoms. The second-order valence-electron chi connectivity index (χ2n) is 10.1. The van der Waals surface area contributed by atoms with Crippen molar-refractivity contribution >= 4 is 23.4 Å². The molecule has 200 valence electrons. The number of aromatic nitrogens is 2. The van der Waals surface area contributed by atoms with Crippen molar-refractivity contribution in [1.29, 1.82) is 0 Å². The standard InChI is InChI=1S/C32H33N3O3S/c1-8-38-31(37)28-22(6)33-32-35(29(28)24-12-9-18(2)10-13-24)30(36)27(39-32)17-25-16-21(5)34(23(25)7)26-14-11-19(3)20(4)15-26/h9-17,29H,8H2,1-7H3. The molecule has 2 aromatic carbocycles. The van der Waals surface area contributed by atoms with Crippen LogP contribution in [-0.4, -0.2) is 21.7 Å². The maximum absolute atomic E-state index is 14.0. The van der Waals surface area contributed by atoms with E-state index in [1.807, 2.05) is 44.2 Å². The summed E-state index contributed by atoms with van der Waals surface area (Å²) in [7, 11) is 0. The SMILES string of the molecule is CCOC(=O)C1=C(C)N=c2sc(=Cc3cc(C)n(-c4ccc(C)c(C)c4)c3C)c(=O)n2C1c1ccc(C)cc1. The molecule has 3 heterocycles. The van der Waals surface area contributed by atoms with Crippen molar-refractivity contribution in [1.82, 2.24) is 9.13 Å². The van der Waals surface area contributed by atoms with Crippen LogP contribution < -0.4 is 14.9 Å². The van der Waals surface area contributed by atoms with Gasteiger partial charge in [-0.05, 0) is 95.0 Å². The van der Waals surface area contributed by atoms with Gasteiger partial charge < -0.3 is 9.30 Å². The van der Waals surface area contributed by atoms with Crippen LogP contribution in [0.3, 0.4) is 0 Å². The number of thiazole rings is 1. The number of nitrogens with zero attached hydrogens (tertiary/aromatic N) is 3. The molecule has 6 nitrogen and oxygen atoms in total. The van der Waals surface area contributed by atoms with Crippen LogP contribution in [0.4, 0.5) is 0 Å². The highest BCUT2D eigenvalue weighted by Gasteiger charge is 2.33. The molecule has 0 radical (unpaired) electrons. The number of ether oxygens (including phenoxy) is 1. The number of aryl methyl sites for hydroxylation is 4. The maximum Gasteiger partial charge on any atom is 0.338 e. The summed E-state index contributed by atoms with van der Waals surface area (Å²) in [6.07, 6.45) is 1.94. The van der Waals surface area contributed by atoms with Gasteiger partial charge in [-0.25, -0.2) is 9.79 Å². The molecule has 0 fully saturated rings. The summed E-state index contributed by atoms with van der Waals surface area (Å²) < 4.78 is 9.83. The summed E-state index contributed by atoms with van der Waals surface area (Å²) in [4.78, 5) is 32.3. The normalized spacial score (nSPS) is 15.4. The van der Waals surface area contributed by atoms with E-state index in [0.29, 0.717) is 20.6 Å². The van der Waals surface area contributed by atoms with Crippen LogP contribution in [0.15, 0.2) is 69.6 Å². The number of hydrogen-bond donors (Lipinski definition) is 0. The van der Waals surface area contributed by atoms with Crippen LogP contribution in [0.5, 0.6) is 0 Å². The third-order valence-corrected chi connectivity index (χ3v) is 8.40. The van der Waals surface area contributed by atoms with E-state index in [1.54, 1.807) is 11.5 Å². The molecule has 0 amide bonds. The summed E-state index contributed by atoms with van der Waals surface area (Å²) in [5, 5.41) is 0. The molecular weight excluding hydrogens is 506 g/mol. The van der Waals surface area contributed by atoms with Gasteiger partial charge in [-0.3, -0.25) is 9.36 Å². The van der Waals surface area contributed by atoms with Crippen molar-refractivity contribution in [2.24, 2.45) is 4.99 Å². The number of esters is 1. The lowest BCUT2D eigenvalue weighted by molar-refractivity contribution is -0.139. The first-order valence-corrected chi connectivity index (χ1v) is 13.9. The number of benzene rings is 2. The quantitative estimate of drug-likeness (QED) is 0.330. The summed E-state index contributed by atoms with van der Waals surface area (Å²) in [5.41, 5.74) is 9.45. The molecule has 4 aromatic rings. The minimum Gasteiger partial charge on any atom is -0.463 e. The predicted molar refractivity (Wildman–Crippen MR) is 156 cm³/mol. The van der Waals surface area contributed by atoms with E-state index in [9.17, 15) is 9.59 Å². The smallest absolute Gasteiger partial charge is 0.338 e. The molecule has 0 saturated heterocycles. The highest BCUT2D eigenvalue weighted by Crippen LogP contribution is 2.31. The number of rotatable bonds is 5. The molecule has 1 unspecified atom stereocenters. The summed E-state index contributed by atoms with van der Waals surface area (Å²) >= 11 is 1.35. The van der Waals surface area contributed by atoms with Gasteiger partial charge >= 0.3 is 5.97 Å². The van der Waals surface area contributed by atoms with Crippen molar-refractivity contribution in [3.05, 3.63) is 119 Å². The van der Waals surface area contributed by atoms with Gasteiger partial charge in [0.1, 0.15) is 0 Å². The number of fused-ring (bicyclic) bond motifs is 1. The van der Waals surface area contributed by atoms with Gasteiger partial charge in [0.05, 0.1) is 28.5 Å². The monoisotopic (exact) mass is 539 g/mol. The minimum atomic E-state index is -0.606. The van der Waals surface area contributed by atoms with Gasteiger partial charge in [0.2, 0.25) is 0 Å². The lowest BCUT2D eigenvalue weighted by Crippen LogP contribution is -2.39. The Bertz CT molecular complexity index is 1820. The van der Waals surface area contributed by atoms with Crippen LogP contribution in [0.2, 0.25) is 0 Å². The van der Waals surface area contributed by atoms with Gasteiger partial charge in [0, 0.05) is 17.1 Å². The number of carbonyl (C=O) groups excluding carboxylic acids is 1. The van der Waals surface area contributed by atoms with Crippen molar-refractivity contribution in [2.75, 3.05) is 6.61 Å². The van der Waals surface area contributed by atoms with Crippen LogP contribution in [0.25, 0.3) is 11.8 Å². The van der Waals surface area contributed by atoms with Crippen molar-refractivity contribution in [3.63, 3.8) is 0 Å². The van der Waals surface area contributed by atoms with Crippen molar-refractivity contribution in [3.8, 4) is 5.69 Å². The van der Waals surface area contributed by atoms with Crippen LogP contribution in [0.1, 0.15) is 59.1 Å². The molecular formula is C32H33N3O3S. The van der Waals surface area contributed by atoms with E-state index in [0.717, 1.165) is 33.8 Å². The molecule has 0 aliphatic carbocycles.